The topological polar surface area (TPSA) is 26.0 Å². The lowest BCUT2D eigenvalue weighted by Gasteiger charge is -1.85. The van der Waals surface area contributed by atoms with Crippen molar-refractivity contribution in [1.29, 1.82) is 0 Å². The zero-order chi connectivity index (χ0) is 6.27. The van der Waals surface area contributed by atoms with Crippen molar-refractivity contribution in [2.75, 3.05) is 0 Å². The Morgan fingerprint density at radius 2 is 2.44 bits per heavy atom. The molecule has 1 aromatic heterocycles. The SMILES string of the molecule is Ic1cnoc1C1CC1. The van der Waals surface area contributed by atoms with E-state index >= 15 is 0 Å². The number of aromatic nitrogens is 1. The van der Waals surface area contributed by atoms with Crippen molar-refractivity contribution in [3.8, 4) is 0 Å². The summed E-state index contributed by atoms with van der Waals surface area (Å²) in [6, 6.07) is 0. The largest absolute Gasteiger partial charge is 0.360 e. The molecule has 0 unspecified atom stereocenters. The van der Waals surface area contributed by atoms with Crippen molar-refractivity contribution in [3.05, 3.63) is 15.5 Å². The van der Waals surface area contributed by atoms with Gasteiger partial charge in [-0.1, -0.05) is 5.16 Å². The standard InChI is InChI=1S/C6H6INO/c7-5-3-8-9-6(5)4-1-2-4/h3-4H,1-2H2. The minimum atomic E-state index is 0.694. The molecule has 1 aliphatic carbocycles. The molecule has 1 aromatic rings. The van der Waals surface area contributed by atoms with Gasteiger partial charge in [-0.2, -0.15) is 0 Å². The van der Waals surface area contributed by atoms with E-state index in [-0.39, 0.29) is 0 Å². The number of hydrogen-bond acceptors (Lipinski definition) is 2. The van der Waals surface area contributed by atoms with Crippen LogP contribution in [0.4, 0.5) is 0 Å². The Kier molecular flexibility index (Phi) is 1.25. The molecule has 0 atom stereocenters. The Balaban J connectivity index is 2.35. The summed E-state index contributed by atoms with van der Waals surface area (Å²) >= 11 is 2.25. The van der Waals surface area contributed by atoms with Crippen molar-refractivity contribution < 1.29 is 4.52 Å². The lowest BCUT2D eigenvalue weighted by molar-refractivity contribution is 0.383. The second-order valence-electron chi connectivity index (χ2n) is 2.31. The van der Waals surface area contributed by atoms with E-state index in [0.717, 1.165) is 5.76 Å². The number of hydrogen-bond donors (Lipinski definition) is 0. The second kappa shape index (κ2) is 1.97. The van der Waals surface area contributed by atoms with Crippen LogP contribution in [0.2, 0.25) is 0 Å². The molecule has 2 rings (SSSR count). The molecular formula is C6H6INO. The van der Waals surface area contributed by atoms with Crippen LogP contribution in [0.5, 0.6) is 0 Å². The summed E-state index contributed by atoms with van der Waals surface area (Å²) in [5.74, 6) is 1.79. The van der Waals surface area contributed by atoms with Gasteiger partial charge in [0.25, 0.3) is 0 Å². The van der Waals surface area contributed by atoms with Gasteiger partial charge in [0, 0.05) is 5.92 Å². The summed E-state index contributed by atoms with van der Waals surface area (Å²) in [4.78, 5) is 0. The van der Waals surface area contributed by atoms with Gasteiger partial charge in [-0.15, -0.1) is 0 Å². The van der Waals surface area contributed by atoms with Crippen molar-refractivity contribution in [2.45, 2.75) is 18.8 Å². The molecule has 1 heterocycles. The van der Waals surface area contributed by atoms with Gasteiger partial charge in [0.2, 0.25) is 0 Å². The highest BCUT2D eigenvalue weighted by atomic mass is 127. The molecule has 1 saturated carbocycles. The summed E-state index contributed by atoms with van der Waals surface area (Å²) < 4.78 is 6.21. The van der Waals surface area contributed by atoms with Crippen molar-refractivity contribution in [2.24, 2.45) is 0 Å². The van der Waals surface area contributed by atoms with Crippen LogP contribution in [0.15, 0.2) is 10.7 Å². The van der Waals surface area contributed by atoms with E-state index < -0.39 is 0 Å². The van der Waals surface area contributed by atoms with Crippen LogP contribution in [-0.4, -0.2) is 5.16 Å². The zero-order valence-electron chi connectivity index (χ0n) is 4.80. The molecule has 0 saturated heterocycles. The van der Waals surface area contributed by atoms with Gasteiger partial charge < -0.3 is 4.52 Å². The van der Waals surface area contributed by atoms with E-state index in [1.165, 1.54) is 16.4 Å². The smallest absolute Gasteiger partial charge is 0.153 e. The Bertz CT molecular complexity index is 217. The Hall–Kier alpha value is -0.0600. The predicted molar refractivity (Wildman–Crippen MR) is 41.2 cm³/mol. The molecule has 0 bridgehead atoms. The highest BCUT2D eigenvalue weighted by Gasteiger charge is 2.29. The lowest BCUT2D eigenvalue weighted by Crippen LogP contribution is -1.74. The average molecular weight is 235 g/mol. The Morgan fingerprint density at radius 3 is 2.89 bits per heavy atom. The average Bonchev–Trinajstić information content (AvgIpc) is 2.58. The second-order valence-corrected chi connectivity index (χ2v) is 3.47. The van der Waals surface area contributed by atoms with Crippen LogP contribution >= 0.6 is 22.6 Å². The molecule has 48 valence electrons. The van der Waals surface area contributed by atoms with Gasteiger partial charge in [-0.3, -0.25) is 0 Å². The highest BCUT2D eigenvalue weighted by Crippen LogP contribution is 2.41. The van der Waals surface area contributed by atoms with Crippen molar-refractivity contribution >= 4 is 22.6 Å². The molecule has 0 spiro atoms. The summed E-state index contributed by atoms with van der Waals surface area (Å²) in [5.41, 5.74) is 0. The number of rotatable bonds is 1. The molecular weight excluding hydrogens is 229 g/mol. The first-order chi connectivity index (χ1) is 4.38. The maximum absolute atomic E-state index is 5.03. The zero-order valence-corrected chi connectivity index (χ0v) is 6.96. The minimum Gasteiger partial charge on any atom is -0.360 e. The fourth-order valence-electron chi connectivity index (χ4n) is 0.852. The third-order valence-electron chi connectivity index (χ3n) is 1.50. The van der Waals surface area contributed by atoms with Crippen LogP contribution in [0.1, 0.15) is 24.5 Å². The lowest BCUT2D eigenvalue weighted by atomic mass is 10.3. The van der Waals surface area contributed by atoms with Gasteiger partial charge in [-0.05, 0) is 35.4 Å². The van der Waals surface area contributed by atoms with Crippen molar-refractivity contribution in [3.63, 3.8) is 0 Å². The molecule has 0 N–H and O–H groups in total. The third kappa shape index (κ3) is 0.976. The molecule has 9 heavy (non-hydrogen) atoms. The van der Waals surface area contributed by atoms with E-state index in [9.17, 15) is 0 Å². The molecule has 1 fully saturated rings. The van der Waals surface area contributed by atoms with Gasteiger partial charge in [0.05, 0.1) is 9.77 Å². The predicted octanol–water partition coefficient (Wildman–Crippen LogP) is 2.16. The number of halogens is 1. The molecule has 2 nitrogen and oxygen atoms in total. The quantitative estimate of drug-likeness (QED) is 0.697. The summed E-state index contributed by atoms with van der Waals surface area (Å²) in [6.07, 6.45) is 4.34. The van der Waals surface area contributed by atoms with E-state index in [0.29, 0.717) is 5.92 Å². The summed E-state index contributed by atoms with van der Waals surface area (Å²) in [6.45, 7) is 0. The first-order valence-electron chi connectivity index (χ1n) is 2.98. The van der Waals surface area contributed by atoms with E-state index in [1.54, 1.807) is 6.20 Å². The first kappa shape index (κ1) is 5.70. The fourth-order valence-corrected chi connectivity index (χ4v) is 1.50. The maximum atomic E-state index is 5.03. The van der Waals surface area contributed by atoms with Gasteiger partial charge in [0.1, 0.15) is 0 Å². The van der Waals surface area contributed by atoms with E-state index in [4.69, 9.17) is 4.52 Å². The molecule has 0 aliphatic heterocycles. The minimum absolute atomic E-state index is 0.694. The highest BCUT2D eigenvalue weighted by molar-refractivity contribution is 14.1. The van der Waals surface area contributed by atoms with Crippen molar-refractivity contribution in [1.82, 2.24) is 5.16 Å². The molecule has 0 aromatic carbocycles. The van der Waals surface area contributed by atoms with Gasteiger partial charge in [0.15, 0.2) is 5.76 Å². The molecule has 0 radical (unpaired) electrons. The maximum Gasteiger partial charge on any atom is 0.153 e. The monoisotopic (exact) mass is 235 g/mol. The molecule has 0 amide bonds. The van der Waals surface area contributed by atoms with Crippen LogP contribution in [0.25, 0.3) is 0 Å². The third-order valence-corrected chi connectivity index (χ3v) is 2.31. The Morgan fingerprint density at radius 1 is 1.67 bits per heavy atom. The molecule has 3 heteroatoms. The Labute approximate surface area is 66.7 Å². The summed E-state index contributed by atoms with van der Waals surface area (Å²) in [5, 5.41) is 3.70. The van der Waals surface area contributed by atoms with Crippen LogP contribution < -0.4 is 0 Å². The summed E-state index contributed by atoms with van der Waals surface area (Å²) in [7, 11) is 0. The fraction of sp³-hybridized carbons (Fsp3) is 0.500. The van der Waals surface area contributed by atoms with E-state index in [1.807, 2.05) is 0 Å². The van der Waals surface area contributed by atoms with Gasteiger partial charge in [-0.25, -0.2) is 0 Å². The molecule has 1 aliphatic rings. The van der Waals surface area contributed by atoms with Crippen LogP contribution in [0.3, 0.4) is 0 Å². The van der Waals surface area contributed by atoms with Gasteiger partial charge >= 0.3 is 0 Å². The first-order valence-corrected chi connectivity index (χ1v) is 4.06. The van der Waals surface area contributed by atoms with E-state index in [2.05, 4.69) is 27.7 Å². The number of nitrogens with zero attached hydrogens (tertiary/aromatic N) is 1. The normalized spacial score (nSPS) is 18.3. The van der Waals surface area contributed by atoms with Crippen LogP contribution in [-0.2, 0) is 0 Å². The van der Waals surface area contributed by atoms with Crippen LogP contribution in [0, 0.1) is 3.57 Å².